The van der Waals surface area contributed by atoms with Crippen LogP contribution in [0, 0.1) is 5.92 Å². The molecule has 0 spiro atoms. The van der Waals surface area contributed by atoms with E-state index in [1.54, 1.807) is 0 Å². The van der Waals surface area contributed by atoms with E-state index < -0.39 is 0 Å². The fraction of sp³-hybridized carbons (Fsp3) is 0.429. The van der Waals surface area contributed by atoms with Crippen molar-refractivity contribution in [3.05, 3.63) is 35.4 Å². The summed E-state index contributed by atoms with van der Waals surface area (Å²) in [5.41, 5.74) is 2.64. The van der Waals surface area contributed by atoms with E-state index in [1.807, 2.05) is 24.0 Å². The molecule has 1 aromatic rings. The minimum Gasteiger partial charge on any atom is -0.320 e. The second-order valence-corrected chi connectivity index (χ2v) is 5.18. The Kier molecular flexibility index (Phi) is 2.58. The summed E-state index contributed by atoms with van der Waals surface area (Å²) in [6.07, 6.45) is 1.79. The van der Waals surface area contributed by atoms with Crippen molar-refractivity contribution >= 4 is 11.9 Å². The lowest BCUT2D eigenvalue weighted by Crippen LogP contribution is -2.57. The third kappa shape index (κ3) is 1.78. The molecule has 3 rings (SSSR count). The fourth-order valence-corrected chi connectivity index (χ4v) is 2.83. The van der Waals surface area contributed by atoms with Gasteiger partial charge in [0, 0.05) is 12.6 Å². The van der Waals surface area contributed by atoms with Gasteiger partial charge in [-0.3, -0.25) is 10.1 Å². The SMILES string of the molecule is CC1CN(C2Cc3ccccc3C2)C(=O)NC1=O. The Bertz CT molecular complexity index is 487. The van der Waals surface area contributed by atoms with E-state index in [0.29, 0.717) is 6.54 Å². The highest BCUT2D eigenvalue weighted by atomic mass is 16.2. The Morgan fingerprint density at radius 2 is 1.78 bits per heavy atom. The maximum atomic E-state index is 11.9. The highest BCUT2D eigenvalue weighted by molar-refractivity contribution is 5.98. The molecule has 3 amide bonds. The number of carbonyl (C=O) groups is 2. The number of rotatable bonds is 1. The van der Waals surface area contributed by atoms with Crippen LogP contribution in [-0.4, -0.2) is 29.4 Å². The number of hydrogen-bond donors (Lipinski definition) is 1. The van der Waals surface area contributed by atoms with Crippen molar-refractivity contribution in [3.8, 4) is 0 Å². The van der Waals surface area contributed by atoms with Crippen molar-refractivity contribution in [2.45, 2.75) is 25.8 Å². The van der Waals surface area contributed by atoms with E-state index in [9.17, 15) is 9.59 Å². The molecule has 2 aliphatic rings. The number of fused-ring (bicyclic) bond motifs is 1. The van der Waals surface area contributed by atoms with Crippen LogP contribution in [0.15, 0.2) is 24.3 Å². The van der Waals surface area contributed by atoms with E-state index in [4.69, 9.17) is 0 Å². The molecule has 1 unspecified atom stereocenters. The van der Waals surface area contributed by atoms with Crippen molar-refractivity contribution in [1.29, 1.82) is 0 Å². The molecule has 1 saturated heterocycles. The molecule has 94 valence electrons. The van der Waals surface area contributed by atoms with Crippen molar-refractivity contribution in [2.24, 2.45) is 5.92 Å². The van der Waals surface area contributed by atoms with Gasteiger partial charge in [-0.15, -0.1) is 0 Å². The summed E-state index contributed by atoms with van der Waals surface area (Å²) in [6.45, 7) is 2.39. The van der Waals surface area contributed by atoms with Crippen molar-refractivity contribution in [2.75, 3.05) is 6.54 Å². The molecule has 4 nitrogen and oxygen atoms in total. The molecule has 0 radical (unpaired) electrons. The number of nitrogens with zero attached hydrogens (tertiary/aromatic N) is 1. The molecule has 1 heterocycles. The maximum absolute atomic E-state index is 11.9. The third-order valence-corrected chi connectivity index (χ3v) is 3.88. The number of imide groups is 1. The Morgan fingerprint density at radius 1 is 1.17 bits per heavy atom. The summed E-state index contributed by atoms with van der Waals surface area (Å²) < 4.78 is 0. The Balaban J connectivity index is 1.78. The van der Waals surface area contributed by atoms with Crippen molar-refractivity contribution < 1.29 is 9.59 Å². The first-order chi connectivity index (χ1) is 8.65. The quantitative estimate of drug-likeness (QED) is 0.810. The minimum absolute atomic E-state index is 0.119. The van der Waals surface area contributed by atoms with Gasteiger partial charge in [-0.25, -0.2) is 4.79 Å². The Labute approximate surface area is 106 Å². The molecule has 1 N–H and O–H groups in total. The molecule has 1 fully saturated rings. The Hall–Kier alpha value is -1.84. The summed E-state index contributed by atoms with van der Waals surface area (Å²) in [6, 6.07) is 8.25. The average Bonchev–Trinajstić information content (AvgIpc) is 2.77. The largest absolute Gasteiger partial charge is 0.324 e. The summed E-state index contributed by atoms with van der Waals surface area (Å²) in [5, 5.41) is 2.43. The molecule has 0 saturated carbocycles. The van der Waals surface area contributed by atoms with E-state index in [1.165, 1.54) is 11.1 Å². The first-order valence-corrected chi connectivity index (χ1v) is 6.33. The molecule has 4 heteroatoms. The van der Waals surface area contributed by atoms with Crippen LogP contribution in [0.3, 0.4) is 0 Å². The molecular weight excluding hydrogens is 228 g/mol. The second kappa shape index (κ2) is 4.12. The number of carbonyl (C=O) groups excluding carboxylic acids is 2. The molecule has 1 aromatic carbocycles. The third-order valence-electron chi connectivity index (χ3n) is 3.88. The van der Waals surface area contributed by atoms with Gasteiger partial charge < -0.3 is 4.90 Å². The van der Waals surface area contributed by atoms with E-state index >= 15 is 0 Å². The number of urea groups is 1. The lowest BCUT2D eigenvalue weighted by molar-refractivity contribution is -0.125. The summed E-state index contributed by atoms with van der Waals surface area (Å²) in [7, 11) is 0. The van der Waals surface area contributed by atoms with Crippen LogP contribution in [0.2, 0.25) is 0 Å². The van der Waals surface area contributed by atoms with Gasteiger partial charge in [-0.2, -0.15) is 0 Å². The van der Waals surface area contributed by atoms with Gasteiger partial charge in [0.25, 0.3) is 0 Å². The highest BCUT2D eigenvalue weighted by Gasteiger charge is 2.36. The monoisotopic (exact) mass is 244 g/mol. The predicted molar refractivity (Wildman–Crippen MR) is 67.0 cm³/mol. The fourth-order valence-electron chi connectivity index (χ4n) is 2.83. The zero-order chi connectivity index (χ0) is 12.7. The summed E-state index contributed by atoms with van der Waals surface area (Å²) in [5.74, 6) is -0.279. The lowest BCUT2D eigenvalue weighted by Gasteiger charge is -2.34. The molecule has 1 aliphatic heterocycles. The van der Waals surface area contributed by atoms with E-state index in [0.717, 1.165) is 12.8 Å². The topological polar surface area (TPSA) is 49.4 Å². The van der Waals surface area contributed by atoms with Crippen LogP contribution in [0.25, 0.3) is 0 Å². The number of amides is 3. The standard InChI is InChI=1S/C14H16N2O2/c1-9-8-16(14(18)15-13(9)17)12-6-10-4-2-3-5-11(10)7-12/h2-5,9,12H,6-8H2,1H3,(H,15,17,18). The summed E-state index contributed by atoms with van der Waals surface area (Å²) >= 11 is 0. The van der Waals surface area contributed by atoms with Gasteiger partial charge in [-0.1, -0.05) is 31.2 Å². The predicted octanol–water partition coefficient (Wildman–Crippen LogP) is 1.34. The number of nitrogens with one attached hydrogen (secondary N) is 1. The zero-order valence-corrected chi connectivity index (χ0v) is 10.3. The number of hydrogen-bond acceptors (Lipinski definition) is 2. The van der Waals surface area contributed by atoms with E-state index in [2.05, 4.69) is 17.4 Å². The molecule has 1 atom stereocenters. The first-order valence-electron chi connectivity index (χ1n) is 6.33. The van der Waals surface area contributed by atoms with Crippen LogP contribution >= 0.6 is 0 Å². The van der Waals surface area contributed by atoms with Gasteiger partial charge in [-0.05, 0) is 24.0 Å². The molecule has 0 bridgehead atoms. The lowest BCUT2D eigenvalue weighted by atomic mass is 10.1. The minimum atomic E-state index is -0.240. The van der Waals surface area contributed by atoms with Crippen LogP contribution < -0.4 is 5.32 Å². The Morgan fingerprint density at radius 3 is 2.39 bits per heavy atom. The number of benzene rings is 1. The van der Waals surface area contributed by atoms with Gasteiger partial charge >= 0.3 is 6.03 Å². The first kappa shape index (κ1) is 11.3. The van der Waals surface area contributed by atoms with Crippen LogP contribution in [0.4, 0.5) is 4.79 Å². The van der Waals surface area contributed by atoms with Gasteiger partial charge in [0.2, 0.25) is 5.91 Å². The molecule has 1 aliphatic carbocycles. The average molecular weight is 244 g/mol. The smallest absolute Gasteiger partial charge is 0.320 e. The van der Waals surface area contributed by atoms with Gasteiger partial charge in [0.15, 0.2) is 0 Å². The van der Waals surface area contributed by atoms with E-state index in [-0.39, 0.29) is 23.9 Å². The highest BCUT2D eigenvalue weighted by Crippen LogP contribution is 2.26. The van der Waals surface area contributed by atoms with Crippen LogP contribution in [-0.2, 0) is 17.6 Å². The van der Waals surface area contributed by atoms with Gasteiger partial charge in [0.05, 0.1) is 5.92 Å². The van der Waals surface area contributed by atoms with Crippen molar-refractivity contribution in [3.63, 3.8) is 0 Å². The maximum Gasteiger partial charge on any atom is 0.324 e. The van der Waals surface area contributed by atoms with Crippen molar-refractivity contribution in [1.82, 2.24) is 10.2 Å². The van der Waals surface area contributed by atoms with Crippen LogP contribution in [0.1, 0.15) is 18.1 Å². The zero-order valence-electron chi connectivity index (χ0n) is 10.3. The second-order valence-electron chi connectivity index (χ2n) is 5.18. The molecule has 18 heavy (non-hydrogen) atoms. The molecular formula is C14H16N2O2. The molecule has 0 aromatic heterocycles. The summed E-state index contributed by atoms with van der Waals surface area (Å²) in [4.78, 5) is 25.1. The van der Waals surface area contributed by atoms with Crippen LogP contribution in [0.5, 0.6) is 0 Å². The normalized spacial score (nSPS) is 24.1. The van der Waals surface area contributed by atoms with Gasteiger partial charge in [0.1, 0.15) is 0 Å².